The van der Waals surface area contributed by atoms with Crippen molar-refractivity contribution in [2.45, 2.75) is 19.9 Å². The van der Waals surface area contributed by atoms with Crippen molar-refractivity contribution >= 4 is 21.5 Å². The maximum Gasteiger partial charge on any atom is 0.281 e. The number of aryl methyl sites for hydroxylation is 1. The van der Waals surface area contributed by atoms with Gasteiger partial charge in [0.15, 0.2) is 0 Å². The summed E-state index contributed by atoms with van der Waals surface area (Å²) in [5.74, 6) is 0. The standard InChI is InChI=1S/C11H22N4O2S2/c1-10-11(18-9-13-10)8-15(4)19(16,17)14(3)7-5-6-12-2/h9,12H,5-8H2,1-4H3. The first-order chi connectivity index (χ1) is 8.89. The highest BCUT2D eigenvalue weighted by molar-refractivity contribution is 7.86. The minimum Gasteiger partial charge on any atom is -0.320 e. The van der Waals surface area contributed by atoms with Gasteiger partial charge in [0.25, 0.3) is 10.2 Å². The van der Waals surface area contributed by atoms with Crippen LogP contribution in [0, 0.1) is 6.92 Å². The van der Waals surface area contributed by atoms with Crippen LogP contribution in [0.4, 0.5) is 0 Å². The molecule has 0 saturated heterocycles. The molecule has 110 valence electrons. The Morgan fingerprint density at radius 2 is 2.05 bits per heavy atom. The summed E-state index contributed by atoms with van der Waals surface area (Å²) in [6, 6.07) is 0. The molecule has 1 heterocycles. The fourth-order valence-corrected chi connectivity index (χ4v) is 3.63. The predicted octanol–water partition coefficient (Wildman–Crippen LogP) is 0.669. The molecule has 0 aliphatic heterocycles. The summed E-state index contributed by atoms with van der Waals surface area (Å²) in [5.41, 5.74) is 2.63. The van der Waals surface area contributed by atoms with E-state index in [1.165, 1.54) is 19.9 Å². The highest BCUT2D eigenvalue weighted by Gasteiger charge is 2.24. The molecule has 0 fully saturated rings. The van der Waals surface area contributed by atoms with Gasteiger partial charge in [-0.3, -0.25) is 0 Å². The fourth-order valence-electron chi connectivity index (χ4n) is 1.59. The zero-order valence-electron chi connectivity index (χ0n) is 11.9. The van der Waals surface area contributed by atoms with E-state index in [0.717, 1.165) is 23.5 Å². The second-order valence-corrected chi connectivity index (χ2v) is 7.49. The van der Waals surface area contributed by atoms with Crippen LogP contribution in [-0.4, -0.2) is 56.2 Å². The van der Waals surface area contributed by atoms with Gasteiger partial charge in [-0.15, -0.1) is 11.3 Å². The Morgan fingerprint density at radius 1 is 1.37 bits per heavy atom. The summed E-state index contributed by atoms with van der Waals surface area (Å²) in [6.07, 6.45) is 0.791. The van der Waals surface area contributed by atoms with Gasteiger partial charge in [0, 0.05) is 25.5 Å². The quantitative estimate of drug-likeness (QED) is 0.717. The third-order valence-electron chi connectivity index (χ3n) is 2.90. The Morgan fingerprint density at radius 3 is 2.58 bits per heavy atom. The third-order valence-corrected chi connectivity index (χ3v) is 5.71. The van der Waals surface area contributed by atoms with Crippen LogP contribution in [0.25, 0.3) is 0 Å². The Balaban J connectivity index is 2.63. The van der Waals surface area contributed by atoms with E-state index >= 15 is 0 Å². The topological polar surface area (TPSA) is 65.5 Å². The molecule has 1 rings (SSSR count). The molecular formula is C11H22N4O2S2. The van der Waals surface area contributed by atoms with Crippen LogP contribution in [0.15, 0.2) is 5.51 Å². The molecule has 1 N–H and O–H groups in total. The van der Waals surface area contributed by atoms with Crippen LogP contribution >= 0.6 is 11.3 Å². The Hall–Kier alpha value is -0.540. The lowest BCUT2D eigenvalue weighted by molar-refractivity contribution is 0.386. The molecule has 0 atom stereocenters. The predicted molar refractivity (Wildman–Crippen MR) is 78.4 cm³/mol. The van der Waals surface area contributed by atoms with E-state index in [4.69, 9.17) is 0 Å². The number of hydrogen-bond acceptors (Lipinski definition) is 5. The van der Waals surface area contributed by atoms with E-state index in [2.05, 4.69) is 10.3 Å². The van der Waals surface area contributed by atoms with Crippen molar-refractivity contribution < 1.29 is 8.42 Å². The van der Waals surface area contributed by atoms with E-state index in [0.29, 0.717) is 13.1 Å². The van der Waals surface area contributed by atoms with Gasteiger partial charge >= 0.3 is 0 Å². The molecule has 0 spiro atoms. The maximum absolute atomic E-state index is 12.3. The number of nitrogens with one attached hydrogen (secondary N) is 1. The van der Waals surface area contributed by atoms with E-state index < -0.39 is 10.2 Å². The lowest BCUT2D eigenvalue weighted by Gasteiger charge is -2.24. The fraction of sp³-hybridized carbons (Fsp3) is 0.727. The number of rotatable bonds is 8. The third kappa shape index (κ3) is 4.50. The molecule has 0 aliphatic rings. The number of thiazole rings is 1. The largest absolute Gasteiger partial charge is 0.320 e. The van der Waals surface area contributed by atoms with Crippen LogP contribution in [0.2, 0.25) is 0 Å². The van der Waals surface area contributed by atoms with E-state index in [1.54, 1.807) is 19.6 Å². The van der Waals surface area contributed by atoms with Crippen molar-refractivity contribution in [3.05, 3.63) is 16.1 Å². The Bertz CT molecular complexity index is 487. The summed E-state index contributed by atoms with van der Waals surface area (Å²) in [6.45, 7) is 3.57. The molecule has 1 aromatic heterocycles. The SMILES string of the molecule is CNCCCN(C)S(=O)(=O)N(C)Cc1scnc1C. The molecule has 0 aromatic carbocycles. The van der Waals surface area contributed by atoms with Crippen LogP contribution < -0.4 is 5.32 Å². The van der Waals surface area contributed by atoms with Crippen LogP contribution in [0.3, 0.4) is 0 Å². The molecule has 0 amide bonds. The van der Waals surface area contributed by atoms with Crippen molar-refractivity contribution in [1.29, 1.82) is 0 Å². The maximum atomic E-state index is 12.3. The molecule has 0 saturated carbocycles. The first-order valence-corrected chi connectivity index (χ1v) is 8.38. The molecule has 0 radical (unpaired) electrons. The van der Waals surface area contributed by atoms with Gasteiger partial charge in [0.2, 0.25) is 0 Å². The molecule has 0 aliphatic carbocycles. The normalized spacial score (nSPS) is 12.5. The van der Waals surface area contributed by atoms with Gasteiger partial charge in [-0.2, -0.15) is 17.0 Å². The van der Waals surface area contributed by atoms with Gasteiger partial charge in [-0.05, 0) is 26.9 Å². The average Bonchev–Trinajstić information content (AvgIpc) is 2.75. The minimum atomic E-state index is -3.39. The number of aromatic nitrogens is 1. The monoisotopic (exact) mass is 306 g/mol. The highest BCUT2D eigenvalue weighted by Crippen LogP contribution is 2.17. The second kappa shape index (κ2) is 7.30. The average molecular weight is 306 g/mol. The second-order valence-electron chi connectivity index (χ2n) is 4.40. The molecule has 19 heavy (non-hydrogen) atoms. The van der Waals surface area contributed by atoms with Crippen LogP contribution in [0.5, 0.6) is 0 Å². The van der Waals surface area contributed by atoms with Crippen molar-refractivity contribution in [1.82, 2.24) is 18.9 Å². The van der Waals surface area contributed by atoms with E-state index in [-0.39, 0.29) is 0 Å². The molecular weight excluding hydrogens is 284 g/mol. The van der Waals surface area contributed by atoms with E-state index in [1.807, 2.05) is 14.0 Å². The Kier molecular flexibility index (Phi) is 6.34. The van der Waals surface area contributed by atoms with Crippen LogP contribution in [0.1, 0.15) is 17.0 Å². The summed E-state index contributed by atoms with van der Waals surface area (Å²) in [4.78, 5) is 5.11. The zero-order valence-corrected chi connectivity index (χ0v) is 13.5. The van der Waals surface area contributed by atoms with E-state index in [9.17, 15) is 8.42 Å². The minimum absolute atomic E-state index is 0.370. The molecule has 0 unspecified atom stereocenters. The first-order valence-electron chi connectivity index (χ1n) is 6.10. The van der Waals surface area contributed by atoms with Gasteiger partial charge in [0.05, 0.1) is 17.7 Å². The lowest BCUT2D eigenvalue weighted by Crippen LogP contribution is -2.40. The van der Waals surface area contributed by atoms with Gasteiger partial charge in [-0.25, -0.2) is 4.98 Å². The van der Waals surface area contributed by atoms with Crippen molar-refractivity contribution in [3.63, 3.8) is 0 Å². The van der Waals surface area contributed by atoms with Gasteiger partial charge in [-0.1, -0.05) is 0 Å². The summed E-state index contributed by atoms with van der Waals surface area (Å²) in [5, 5.41) is 3.01. The smallest absolute Gasteiger partial charge is 0.281 e. The van der Waals surface area contributed by atoms with Gasteiger partial charge in [0.1, 0.15) is 0 Å². The zero-order chi connectivity index (χ0) is 14.5. The van der Waals surface area contributed by atoms with Crippen molar-refractivity contribution in [2.24, 2.45) is 0 Å². The number of nitrogens with zero attached hydrogens (tertiary/aromatic N) is 3. The molecule has 6 nitrogen and oxygen atoms in total. The summed E-state index contributed by atoms with van der Waals surface area (Å²) in [7, 11) is 1.67. The van der Waals surface area contributed by atoms with Crippen molar-refractivity contribution in [2.75, 3.05) is 34.2 Å². The molecule has 0 bridgehead atoms. The summed E-state index contributed by atoms with van der Waals surface area (Å²) >= 11 is 1.48. The highest BCUT2D eigenvalue weighted by atomic mass is 32.2. The van der Waals surface area contributed by atoms with Gasteiger partial charge < -0.3 is 5.32 Å². The Labute approximate surface area is 119 Å². The van der Waals surface area contributed by atoms with Crippen molar-refractivity contribution in [3.8, 4) is 0 Å². The lowest BCUT2D eigenvalue weighted by atomic mass is 10.4. The first kappa shape index (κ1) is 16.5. The van der Waals surface area contributed by atoms with Crippen LogP contribution in [-0.2, 0) is 16.8 Å². The summed E-state index contributed by atoms with van der Waals surface area (Å²) < 4.78 is 27.3. The molecule has 8 heteroatoms. The number of hydrogen-bond donors (Lipinski definition) is 1. The molecule has 1 aromatic rings.